The van der Waals surface area contributed by atoms with Gasteiger partial charge in [-0.15, -0.1) is 0 Å². The van der Waals surface area contributed by atoms with Crippen LogP contribution in [0.25, 0.3) is 10.9 Å². The minimum Gasteiger partial charge on any atom is -0.465 e. The summed E-state index contributed by atoms with van der Waals surface area (Å²) < 4.78 is 4.68. The number of nitrogens with zero attached hydrogens (tertiary/aromatic N) is 1. The Morgan fingerprint density at radius 2 is 1.90 bits per heavy atom. The van der Waals surface area contributed by atoms with Gasteiger partial charge in [0.25, 0.3) is 0 Å². The summed E-state index contributed by atoms with van der Waals surface area (Å²) in [5, 5.41) is 3.83. The van der Waals surface area contributed by atoms with E-state index in [1.165, 1.54) is 25.0 Å². The molecule has 1 aromatic heterocycles. The topological polar surface area (TPSA) is 91.5 Å². The lowest BCUT2D eigenvalue weighted by Gasteiger charge is -2.20. The molecule has 0 aliphatic carbocycles. The molecule has 0 unspecified atom stereocenters. The maximum absolute atomic E-state index is 12.4. The van der Waals surface area contributed by atoms with Crippen molar-refractivity contribution in [3.05, 3.63) is 65.9 Å². The van der Waals surface area contributed by atoms with E-state index < -0.39 is 5.97 Å². The highest BCUT2D eigenvalue weighted by Crippen LogP contribution is 2.18. The van der Waals surface area contributed by atoms with Gasteiger partial charge in [0.05, 0.1) is 19.2 Å². The third-order valence-corrected chi connectivity index (χ3v) is 4.67. The number of benzene rings is 2. The SMILES string of the molecule is COC(=O)c1cccc(NC(=O)CN(CCc2c[nH]c3ccccc23)C(C)=O)c1. The number of methoxy groups -OCH3 is 1. The number of aromatic amines is 1. The standard InChI is InChI=1S/C22H23N3O4/c1-15(26)25(11-10-17-13-23-20-9-4-3-8-19(17)20)14-21(27)24-18-7-5-6-16(12-18)22(28)29-2/h3-9,12-13,23H,10-11,14H2,1-2H3,(H,24,27). The first kappa shape index (κ1) is 20.1. The zero-order chi connectivity index (χ0) is 20.8. The molecule has 0 radical (unpaired) electrons. The van der Waals surface area contributed by atoms with Crippen LogP contribution in [0.1, 0.15) is 22.8 Å². The molecule has 7 nitrogen and oxygen atoms in total. The Labute approximate surface area is 168 Å². The van der Waals surface area contributed by atoms with Gasteiger partial charge in [0, 0.05) is 36.3 Å². The Bertz CT molecular complexity index is 1040. The van der Waals surface area contributed by atoms with Gasteiger partial charge in [-0.05, 0) is 36.2 Å². The number of rotatable bonds is 7. The van der Waals surface area contributed by atoms with E-state index in [2.05, 4.69) is 15.0 Å². The molecular weight excluding hydrogens is 370 g/mol. The van der Waals surface area contributed by atoms with Crippen molar-refractivity contribution >= 4 is 34.4 Å². The minimum atomic E-state index is -0.481. The maximum atomic E-state index is 12.4. The van der Waals surface area contributed by atoms with E-state index in [0.29, 0.717) is 24.2 Å². The molecule has 0 atom stereocenters. The molecule has 0 saturated heterocycles. The van der Waals surface area contributed by atoms with Gasteiger partial charge in [-0.25, -0.2) is 4.79 Å². The zero-order valence-corrected chi connectivity index (χ0v) is 16.4. The normalized spacial score (nSPS) is 10.6. The quantitative estimate of drug-likeness (QED) is 0.604. The highest BCUT2D eigenvalue weighted by Gasteiger charge is 2.15. The van der Waals surface area contributed by atoms with Gasteiger partial charge in [-0.1, -0.05) is 24.3 Å². The van der Waals surface area contributed by atoms with E-state index in [1.807, 2.05) is 30.5 Å². The van der Waals surface area contributed by atoms with Crippen molar-refractivity contribution in [2.45, 2.75) is 13.3 Å². The summed E-state index contributed by atoms with van der Waals surface area (Å²) >= 11 is 0. The van der Waals surface area contributed by atoms with Crippen LogP contribution in [0.5, 0.6) is 0 Å². The van der Waals surface area contributed by atoms with Crippen LogP contribution >= 0.6 is 0 Å². The number of anilines is 1. The lowest BCUT2D eigenvalue weighted by Crippen LogP contribution is -2.38. The molecule has 0 spiro atoms. The Balaban J connectivity index is 1.62. The fourth-order valence-electron chi connectivity index (χ4n) is 3.16. The van der Waals surface area contributed by atoms with E-state index in [1.54, 1.807) is 18.2 Å². The molecule has 0 bridgehead atoms. The monoisotopic (exact) mass is 393 g/mol. The Morgan fingerprint density at radius 1 is 1.10 bits per heavy atom. The fourth-order valence-corrected chi connectivity index (χ4v) is 3.16. The highest BCUT2D eigenvalue weighted by atomic mass is 16.5. The second-order valence-electron chi connectivity index (χ2n) is 6.67. The first-order valence-electron chi connectivity index (χ1n) is 9.26. The molecule has 2 aromatic carbocycles. The number of nitrogens with one attached hydrogen (secondary N) is 2. The summed E-state index contributed by atoms with van der Waals surface area (Å²) in [5.74, 6) is -0.991. The summed E-state index contributed by atoms with van der Waals surface area (Å²) in [4.78, 5) is 40.8. The van der Waals surface area contributed by atoms with E-state index >= 15 is 0 Å². The molecule has 150 valence electrons. The third-order valence-electron chi connectivity index (χ3n) is 4.67. The number of esters is 1. The van der Waals surface area contributed by atoms with Crippen LogP contribution in [0.2, 0.25) is 0 Å². The average Bonchev–Trinajstić information content (AvgIpc) is 3.13. The average molecular weight is 393 g/mol. The number of carbonyl (C=O) groups excluding carboxylic acids is 3. The van der Waals surface area contributed by atoms with Crippen molar-refractivity contribution < 1.29 is 19.1 Å². The van der Waals surface area contributed by atoms with Gasteiger partial charge < -0.3 is 19.9 Å². The second-order valence-corrected chi connectivity index (χ2v) is 6.67. The Morgan fingerprint density at radius 3 is 2.66 bits per heavy atom. The van der Waals surface area contributed by atoms with Gasteiger partial charge in [-0.2, -0.15) is 0 Å². The first-order valence-corrected chi connectivity index (χ1v) is 9.26. The summed E-state index contributed by atoms with van der Waals surface area (Å²) in [7, 11) is 1.30. The number of carbonyl (C=O) groups is 3. The van der Waals surface area contributed by atoms with Crippen LogP contribution in [0.3, 0.4) is 0 Å². The number of amides is 2. The number of H-pyrrole nitrogens is 1. The number of ether oxygens (including phenoxy) is 1. The van der Waals surface area contributed by atoms with E-state index in [0.717, 1.165) is 16.5 Å². The van der Waals surface area contributed by atoms with E-state index in [9.17, 15) is 14.4 Å². The summed E-state index contributed by atoms with van der Waals surface area (Å²) in [6.45, 7) is 1.80. The van der Waals surface area contributed by atoms with Gasteiger partial charge in [0.15, 0.2) is 0 Å². The van der Waals surface area contributed by atoms with Crippen LogP contribution in [0.4, 0.5) is 5.69 Å². The van der Waals surface area contributed by atoms with Crippen LogP contribution in [-0.4, -0.2) is 47.9 Å². The third kappa shape index (κ3) is 5.01. The van der Waals surface area contributed by atoms with Gasteiger partial charge in [0.2, 0.25) is 11.8 Å². The molecule has 0 saturated carbocycles. The number of hydrogen-bond donors (Lipinski definition) is 2. The van der Waals surface area contributed by atoms with Gasteiger partial charge in [0.1, 0.15) is 0 Å². The number of para-hydroxylation sites is 1. The predicted molar refractivity (Wildman–Crippen MR) is 111 cm³/mol. The molecule has 3 aromatic rings. The maximum Gasteiger partial charge on any atom is 0.337 e. The molecule has 0 fully saturated rings. The van der Waals surface area contributed by atoms with Crippen molar-refractivity contribution in [1.29, 1.82) is 0 Å². The van der Waals surface area contributed by atoms with E-state index in [4.69, 9.17) is 0 Å². The Hall–Kier alpha value is -3.61. The van der Waals surface area contributed by atoms with Crippen LogP contribution in [-0.2, 0) is 20.7 Å². The molecule has 2 N–H and O–H groups in total. The van der Waals surface area contributed by atoms with E-state index in [-0.39, 0.29) is 18.4 Å². The fraction of sp³-hybridized carbons (Fsp3) is 0.227. The highest BCUT2D eigenvalue weighted by molar-refractivity contribution is 5.96. The molecule has 0 aliphatic rings. The summed E-state index contributed by atoms with van der Waals surface area (Å²) in [5.41, 5.74) is 2.95. The predicted octanol–water partition coefficient (Wildman–Crippen LogP) is 2.98. The lowest BCUT2D eigenvalue weighted by molar-refractivity contribution is -0.132. The molecule has 7 heteroatoms. The van der Waals surface area contributed by atoms with Crippen LogP contribution in [0.15, 0.2) is 54.7 Å². The summed E-state index contributed by atoms with van der Waals surface area (Å²) in [6.07, 6.45) is 2.57. The molecule has 3 rings (SSSR count). The van der Waals surface area contributed by atoms with Gasteiger partial charge in [-0.3, -0.25) is 9.59 Å². The Kier molecular flexibility index (Phi) is 6.29. The van der Waals surface area contributed by atoms with Crippen LogP contribution in [0, 0.1) is 0 Å². The van der Waals surface area contributed by atoms with Crippen molar-refractivity contribution in [3.8, 4) is 0 Å². The molecule has 2 amide bonds. The largest absolute Gasteiger partial charge is 0.465 e. The number of hydrogen-bond acceptors (Lipinski definition) is 4. The lowest BCUT2D eigenvalue weighted by atomic mass is 10.1. The van der Waals surface area contributed by atoms with Crippen LogP contribution < -0.4 is 5.32 Å². The smallest absolute Gasteiger partial charge is 0.337 e. The first-order chi connectivity index (χ1) is 14.0. The van der Waals surface area contributed by atoms with Gasteiger partial charge >= 0.3 is 5.97 Å². The second kappa shape index (κ2) is 9.05. The minimum absolute atomic E-state index is 0.0693. The van der Waals surface area contributed by atoms with Crippen molar-refractivity contribution in [3.63, 3.8) is 0 Å². The zero-order valence-electron chi connectivity index (χ0n) is 16.4. The van der Waals surface area contributed by atoms with Crippen molar-refractivity contribution in [2.24, 2.45) is 0 Å². The number of aromatic nitrogens is 1. The molecule has 0 aliphatic heterocycles. The molecular formula is C22H23N3O4. The van der Waals surface area contributed by atoms with Crippen molar-refractivity contribution in [2.75, 3.05) is 25.5 Å². The molecule has 29 heavy (non-hydrogen) atoms. The van der Waals surface area contributed by atoms with Crippen molar-refractivity contribution in [1.82, 2.24) is 9.88 Å². The number of fused-ring (bicyclic) bond motifs is 1. The summed E-state index contributed by atoms with van der Waals surface area (Å²) in [6, 6.07) is 14.4. The molecule has 1 heterocycles.